The van der Waals surface area contributed by atoms with E-state index in [-0.39, 0.29) is 17.3 Å². The van der Waals surface area contributed by atoms with E-state index >= 15 is 0 Å². The lowest BCUT2D eigenvalue weighted by Crippen LogP contribution is -2.30. The van der Waals surface area contributed by atoms with Crippen LogP contribution >= 0.6 is 0 Å². The Morgan fingerprint density at radius 1 is 0.968 bits per heavy atom. The molecule has 2 N–H and O–H groups in total. The smallest absolute Gasteiger partial charge is 0.302 e. The van der Waals surface area contributed by atoms with Crippen molar-refractivity contribution in [3.05, 3.63) is 101 Å². The summed E-state index contributed by atoms with van der Waals surface area (Å²) in [6, 6.07) is 22.9. The Morgan fingerprint density at radius 2 is 1.65 bits per heavy atom. The van der Waals surface area contributed by atoms with Crippen LogP contribution in [0, 0.1) is 6.92 Å². The van der Waals surface area contributed by atoms with Gasteiger partial charge in [-0.3, -0.25) is 14.5 Å². The minimum absolute atomic E-state index is 0.0408. The zero-order valence-corrected chi connectivity index (χ0v) is 16.7. The molecule has 6 heteroatoms. The number of rotatable bonds is 3. The first-order chi connectivity index (χ1) is 15.0. The number of aliphatic hydroxyl groups is 1. The van der Waals surface area contributed by atoms with E-state index in [9.17, 15) is 14.7 Å². The number of fused-ring (bicyclic) bond motifs is 1. The average Bonchev–Trinajstić information content (AvgIpc) is 3.32. The molecule has 0 radical (unpaired) electrons. The number of benzene rings is 3. The van der Waals surface area contributed by atoms with E-state index in [1.54, 1.807) is 24.3 Å². The second-order valence-electron chi connectivity index (χ2n) is 7.53. The molecule has 1 saturated heterocycles. The number of hydrogen-bond donors (Lipinski definition) is 2. The van der Waals surface area contributed by atoms with Gasteiger partial charge >= 0.3 is 5.91 Å². The van der Waals surface area contributed by atoms with Crippen molar-refractivity contribution in [3.63, 3.8) is 0 Å². The third-order valence-corrected chi connectivity index (χ3v) is 5.46. The van der Waals surface area contributed by atoms with Crippen molar-refractivity contribution in [1.29, 1.82) is 0 Å². The number of ketones is 1. The maximum Gasteiger partial charge on any atom is 0.302 e. The highest BCUT2D eigenvalue weighted by atomic mass is 16.3. The minimum Gasteiger partial charge on any atom is -0.507 e. The first-order valence-corrected chi connectivity index (χ1v) is 9.92. The van der Waals surface area contributed by atoms with Crippen LogP contribution < -0.4 is 4.90 Å². The number of anilines is 1. The van der Waals surface area contributed by atoms with Gasteiger partial charge in [0.15, 0.2) is 0 Å². The molecule has 6 nitrogen and oxygen atoms in total. The van der Waals surface area contributed by atoms with Gasteiger partial charge in [-0.25, -0.2) is 4.98 Å². The van der Waals surface area contributed by atoms with Gasteiger partial charge in [0.25, 0.3) is 5.78 Å². The van der Waals surface area contributed by atoms with Gasteiger partial charge in [0.05, 0.1) is 22.6 Å². The first-order valence-electron chi connectivity index (χ1n) is 9.92. The summed E-state index contributed by atoms with van der Waals surface area (Å²) >= 11 is 0. The molecule has 0 bridgehead atoms. The van der Waals surface area contributed by atoms with Gasteiger partial charge in [-0.2, -0.15) is 0 Å². The molecule has 1 aromatic heterocycles. The normalized spacial score (nSPS) is 18.1. The number of H-pyrrole nitrogens is 1. The summed E-state index contributed by atoms with van der Waals surface area (Å²) < 4.78 is 0. The number of hydrogen-bond acceptors (Lipinski definition) is 4. The van der Waals surface area contributed by atoms with Crippen molar-refractivity contribution in [1.82, 2.24) is 9.97 Å². The number of aliphatic hydroxyl groups excluding tert-OH is 1. The zero-order valence-electron chi connectivity index (χ0n) is 16.7. The summed E-state index contributed by atoms with van der Waals surface area (Å²) in [6.07, 6.45) is 0. The molecule has 1 aliphatic rings. The molecule has 31 heavy (non-hydrogen) atoms. The number of Topliss-reactive ketones (excluding diaryl/α,β-unsaturated/α-hetero) is 1. The molecule has 3 aromatic carbocycles. The molecular formula is C25H19N3O3. The molecule has 0 spiro atoms. The third-order valence-electron chi connectivity index (χ3n) is 5.46. The monoisotopic (exact) mass is 409 g/mol. The van der Waals surface area contributed by atoms with E-state index in [2.05, 4.69) is 9.97 Å². The highest BCUT2D eigenvalue weighted by Crippen LogP contribution is 2.41. The Hall–Kier alpha value is -4.19. The number of aryl methyl sites for hydroxylation is 1. The lowest BCUT2D eigenvalue weighted by Gasteiger charge is -2.23. The van der Waals surface area contributed by atoms with Crippen LogP contribution in [0.5, 0.6) is 0 Å². The molecule has 1 aliphatic heterocycles. The van der Waals surface area contributed by atoms with E-state index < -0.39 is 17.7 Å². The van der Waals surface area contributed by atoms with Gasteiger partial charge in [0, 0.05) is 5.56 Å². The lowest BCUT2D eigenvalue weighted by molar-refractivity contribution is -0.132. The van der Waals surface area contributed by atoms with Crippen LogP contribution in [0.1, 0.15) is 22.7 Å². The van der Waals surface area contributed by atoms with Gasteiger partial charge < -0.3 is 10.1 Å². The lowest BCUT2D eigenvalue weighted by atomic mass is 9.95. The highest BCUT2D eigenvalue weighted by molar-refractivity contribution is 6.51. The molecule has 0 saturated carbocycles. The Bertz CT molecular complexity index is 1340. The number of amides is 1. The Labute approximate surface area is 178 Å². The van der Waals surface area contributed by atoms with Crippen LogP contribution in [0.15, 0.2) is 84.4 Å². The summed E-state index contributed by atoms with van der Waals surface area (Å²) in [4.78, 5) is 35.3. The standard InChI is InChI=1S/C25H19N3O3/c1-15-12-13-18-19(14-15)27-25(26-18)28-21(16-8-4-2-5-9-16)20(23(30)24(28)31)22(29)17-10-6-3-7-11-17/h2-14,21,29H,1H3,(H,26,27)/b22-20+. The molecule has 2 heterocycles. The molecule has 5 rings (SSSR count). The van der Waals surface area contributed by atoms with Crippen molar-refractivity contribution in [2.24, 2.45) is 0 Å². The predicted molar refractivity (Wildman–Crippen MR) is 118 cm³/mol. The average molecular weight is 409 g/mol. The van der Waals surface area contributed by atoms with E-state index in [0.717, 1.165) is 11.1 Å². The quantitative estimate of drug-likeness (QED) is 0.296. The number of aromatic nitrogens is 2. The topological polar surface area (TPSA) is 86.3 Å². The van der Waals surface area contributed by atoms with Crippen LogP contribution in [-0.4, -0.2) is 26.8 Å². The molecule has 1 atom stereocenters. The Balaban J connectivity index is 1.73. The molecule has 152 valence electrons. The van der Waals surface area contributed by atoms with E-state index in [1.165, 1.54) is 4.90 Å². The molecular weight excluding hydrogens is 390 g/mol. The number of aromatic amines is 1. The maximum absolute atomic E-state index is 13.2. The number of carbonyl (C=O) groups is 2. The molecule has 1 amide bonds. The molecule has 4 aromatic rings. The van der Waals surface area contributed by atoms with Gasteiger partial charge in [0.2, 0.25) is 5.95 Å². The fraction of sp³-hybridized carbons (Fsp3) is 0.0800. The van der Waals surface area contributed by atoms with E-state index in [4.69, 9.17) is 0 Å². The zero-order chi connectivity index (χ0) is 21.5. The second kappa shape index (κ2) is 7.25. The third kappa shape index (κ3) is 3.09. The van der Waals surface area contributed by atoms with Crippen molar-refractivity contribution in [3.8, 4) is 0 Å². The van der Waals surface area contributed by atoms with E-state index in [0.29, 0.717) is 16.6 Å². The van der Waals surface area contributed by atoms with Crippen LogP contribution in [0.4, 0.5) is 5.95 Å². The van der Waals surface area contributed by atoms with Crippen LogP contribution in [-0.2, 0) is 9.59 Å². The number of imidazole rings is 1. The van der Waals surface area contributed by atoms with Crippen LogP contribution in [0.25, 0.3) is 16.8 Å². The number of nitrogens with zero attached hydrogens (tertiary/aromatic N) is 2. The maximum atomic E-state index is 13.2. The second-order valence-corrected chi connectivity index (χ2v) is 7.53. The Morgan fingerprint density at radius 3 is 2.35 bits per heavy atom. The summed E-state index contributed by atoms with van der Waals surface area (Å²) in [5.41, 5.74) is 3.73. The van der Waals surface area contributed by atoms with Gasteiger partial charge in [0.1, 0.15) is 5.76 Å². The predicted octanol–water partition coefficient (Wildman–Crippen LogP) is 4.50. The van der Waals surface area contributed by atoms with Gasteiger partial charge in [-0.05, 0) is 30.2 Å². The fourth-order valence-corrected chi connectivity index (χ4v) is 3.98. The fourth-order valence-electron chi connectivity index (χ4n) is 3.98. The number of nitrogens with one attached hydrogen (secondary N) is 1. The first kappa shape index (κ1) is 18.8. The summed E-state index contributed by atoms with van der Waals surface area (Å²) in [6.45, 7) is 1.97. The minimum atomic E-state index is -0.803. The molecule has 1 fully saturated rings. The van der Waals surface area contributed by atoms with Crippen LogP contribution in [0.3, 0.4) is 0 Å². The largest absolute Gasteiger partial charge is 0.507 e. The van der Waals surface area contributed by atoms with Crippen LogP contribution in [0.2, 0.25) is 0 Å². The van der Waals surface area contributed by atoms with Crippen molar-refractivity contribution in [2.45, 2.75) is 13.0 Å². The summed E-state index contributed by atoms with van der Waals surface area (Å²) in [5.74, 6) is -1.42. The summed E-state index contributed by atoms with van der Waals surface area (Å²) in [7, 11) is 0. The molecule has 1 unspecified atom stereocenters. The SMILES string of the molecule is Cc1ccc2nc(N3C(=O)C(=O)/C(=C(/O)c4ccccc4)C3c3ccccc3)[nH]c2c1. The van der Waals surface area contributed by atoms with Crippen molar-refractivity contribution >= 4 is 34.4 Å². The summed E-state index contributed by atoms with van der Waals surface area (Å²) in [5, 5.41) is 11.0. The van der Waals surface area contributed by atoms with Crippen molar-refractivity contribution in [2.75, 3.05) is 4.90 Å². The Kier molecular flexibility index (Phi) is 4.40. The van der Waals surface area contributed by atoms with Crippen molar-refractivity contribution < 1.29 is 14.7 Å². The number of carbonyl (C=O) groups excluding carboxylic acids is 2. The molecule has 0 aliphatic carbocycles. The van der Waals surface area contributed by atoms with Gasteiger partial charge in [-0.15, -0.1) is 0 Å². The highest BCUT2D eigenvalue weighted by Gasteiger charge is 2.48. The van der Waals surface area contributed by atoms with E-state index in [1.807, 2.05) is 61.5 Å². The van der Waals surface area contributed by atoms with Gasteiger partial charge in [-0.1, -0.05) is 66.7 Å².